The SMILES string of the molecule is C[C@H]1CN([C@@H](C)CO)C(=O)c2cccc(NC(=O)Nc3ccc4c(c3)OCO4)c2O[C@@H]1CN(C)Cc1ccc(Oc2ccccc2)cc1. The highest BCUT2D eigenvalue weighted by Gasteiger charge is 2.34. The van der Waals surface area contributed by atoms with E-state index in [2.05, 4.69) is 15.5 Å². The van der Waals surface area contributed by atoms with Crippen molar-refractivity contribution in [3.8, 4) is 28.7 Å². The van der Waals surface area contributed by atoms with Crippen LogP contribution in [0.1, 0.15) is 29.8 Å². The molecule has 2 aliphatic heterocycles. The number of hydrogen-bond acceptors (Lipinski definition) is 8. The fourth-order valence-electron chi connectivity index (χ4n) is 5.79. The van der Waals surface area contributed by atoms with Crippen LogP contribution in [0.3, 0.4) is 0 Å². The molecule has 11 heteroatoms. The van der Waals surface area contributed by atoms with E-state index in [1.165, 1.54) is 0 Å². The van der Waals surface area contributed by atoms with Gasteiger partial charge in [-0.1, -0.05) is 43.3 Å². The lowest BCUT2D eigenvalue weighted by Gasteiger charge is -2.38. The average molecular weight is 653 g/mol. The number of ether oxygens (including phenoxy) is 4. The molecule has 3 N–H and O–H groups in total. The van der Waals surface area contributed by atoms with Gasteiger partial charge in [-0.15, -0.1) is 0 Å². The number of carbonyl (C=O) groups is 2. The Morgan fingerprint density at radius 3 is 2.50 bits per heavy atom. The summed E-state index contributed by atoms with van der Waals surface area (Å²) in [6.45, 7) is 5.38. The van der Waals surface area contributed by atoms with Gasteiger partial charge in [0.05, 0.1) is 23.9 Å². The van der Waals surface area contributed by atoms with Crippen molar-refractivity contribution >= 4 is 23.3 Å². The van der Waals surface area contributed by atoms with Crippen LogP contribution in [0.4, 0.5) is 16.2 Å². The van der Waals surface area contributed by atoms with Crippen molar-refractivity contribution in [1.82, 2.24) is 9.80 Å². The maximum absolute atomic E-state index is 13.8. The zero-order chi connectivity index (χ0) is 33.6. The Kier molecular flexibility index (Phi) is 9.98. The number of urea groups is 1. The average Bonchev–Trinajstić information content (AvgIpc) is 3.56. The molecule has 2 aliphatic rings. The Balaban J connectivity index is 1.19. The van der Waals surface area contributed by atoms with Gasteiger partial charge in [0, 0.05) is 37.3 Å². The van der Waals surface area contributed by atoms with Gasteiger partial charge in [-0.2, -0.15) is 0 Å². The van der Waals surface area contributed by atoms with Gasteiger partial charge < -0.3 is 39.6 Å². The van der Waals surface area contributed by atoms with Crippen LogP contribution in [0.25, 0.3) is 0 Å². The lowest BCUT2D eigenvalue weighted by molar-refractivity contribution is 0.0343. The summed E-state index contributed by atoms with van der Waals surface area (Å²) < 4.78 is 23.4. The molecule has 0 unspecified atom stereocenters. The predicted octanol–water partition coefficient (Wildman–Crippen LogP) is 6.20. The summed E-state index contributed by atoms with van der Waals surface area (Å²) in [7, 11) is 2.02. The van der Waals surface area contributed by atoms with E-state index in [0.717, 1.165) is 17.1 Å². The molecule has 0 aliphatic carbocycles. The van der Waals surface area contributed by atoms with E-state index in [9.17, 15) is 14.7 Å². The van der Waals surface area contributed by atoms with Crippen molar-refractivity contribution in [2.75, 3.05) is 44.2 Å². The van der Waals surface area contributed by atoms with Crippen molar-refractivity contribution in [3.63, 3.8) is 0 Å². The molecule has 6 rings (SSSR count). The third-order valence-electron chi connectivity index (χ3n) is 8.42. The number of hydrogen-bond donors (Lipinski definition) is 3. The molecule has 0 radical (unpaired) electrons. The maximum atomic E-state index is 13.8. The molecule has 3 amide bonds. The molecule has 250 valence electrons. The lowest BCUT2D eigenvalue weighted by atomic mass is 9.99. The zero-order valence-electron chi connectivity index (χ0n) is 27.2. The summed E-state index contributed by atoms with van der Waals surface area (Å²) in [6.07, 6.45) is -0.351. The number of benzene rings is 4. The van der Waals surface area contributed by atoms with Crippen molar-refractivity contribution < 1.29 is 33.6 Å². The number of rotatable bonds is 10. The zero-order valence-corrected chi connectivity index (χ0v) is 27.2. The smallest absolute Gasteiger partial charge is 0.323 e. The van der Waals surface area contributed by atoms with Crippen LogP contribution in [0, 0.1) is 5.92 Å². The highest BCUT2D eigenvalue weighted by Crippen LogP contribution is 2.36. The number of aliphatic hydroxyl groups excluding tert-OH is 1. The summed E-state index contributed by atoms with van der Waals surface area (Å²) >= 11 is 0. The number of anilines is 2. The molecule has 4 aromatic carbocycles. The number of para-hydroxylation sites is 2. The highest BCUT2D eigenvalue weighted by molar-refractivity contribution is 6.04. The molecule has 0 saturated heterocycles. The van der Waals surface area contributed by atoms with Gasteiger partial charge in [-0.3, -0.25) is 9.69 Å². The molecule has 0 aromatic heterocycles. The second-order valence-electron chi connectivity index (χ2n) is 12.2. The molecule has 0 saturated carbocycles. The molecule has 2 heterocycles. The minimum atomic E-state index is -0.512. The number of likely N-dealkylation sites (N-methyl/N-ethyl adjacent to an activating group) is 1. The fourth-order valence-corrected chi connectivity index (χ4v) is 5.79. The number of aliphatic hydroxyl groups is 1. The molecular formula is C37H40N4O7. The number of nitrogens with zero attached hydrogens (tertiary/aromatic N) is 2. The van der Waals surface area contributed by atoms with E-state index in [1.807, 2.05) is 75.5 Å². The van der Waals surface area contributed by atoms with Gasteiger partial charge in [-0.05, 0) is 68.1 Å². The Morgan fingerprint density at radius 2 is 1.73 bits per heavy atom. The second kappa shape index (κ2) is 14.7. The van der Waals surface area contributed by atoms with Gasteiger partial charge in [0.1, 0.15) is 17.6 Å². The van der Waals surface area contributed by atoms with E-state index in [1.54, 1.807) is 41.3 Å². The molecular weight excluding hydrogens is 612 g/mol. The first kappa shape index (κ1) is 32.7. The minimum absolute atomic E-state index is 0.101. The van der Waals surface area contributed by atoms with Crippen molar-refractivity contribution in [1.29, 1.82) is 0 Å². The number of nitrogens with one attached hydrogen (secondary N) is 2. The van der Waals surface area contributed by atoms with E-state index in [-0.39, 0.29) is 37.1 Å². The van der Waals surface area contributed by atoms with Gasteiger partial charge in [0.15, 0.2) is 17.2 Å². The van der Waals surface area contributed by atoms with Crippen LogP contribution >= 0.6 is 0 Å². The lowest BCUT2D eigenvalue weighted by Crippen LogP contribution is -2.49. The molecule has 0 spiro atoms. The van der Waals surface area contributed by atoms with Gasteiger partial charge in [0.2, 0.25) is 6.79 Å². The topological polar surface area (TPSA) is 122 Å². The normalized spacial score (nSPS) is 17.5. The molecule has 3 atom stereocenters. The Labute approximate surface area is 280 Å². The first-order valence-corrected chi connectivity index (χ1v) is 16.0. The summed E-state index contributed by atoms with van der Waals surface area (Å²) in [5.41, 5.74) is 2.28. The van der Waals surface area contributed by atoms with Gasteiger partial charge >= 0.3 is 6.03 Å². The van der Waals surface area contributed by atoms with Gasteiger partial charge in [0.25, 0.3) is 5.91 Å². The highest BCUT2D eigenvalue weighted by atomic mass is 16.7. The minimum Gasteiger partial charge on any atom is -0.486 e. The monoisotopic (exact) mass is 652 g/mol. The van der Waals surface area contributed by atoms with Crippen molar-refractivity contribution in [2.24, 2.45) is 5.92 Å². The molecule has 11 nitrogen and oxygen atoms in total. The summed E-state index contributed by atoms with van der Waals surface area (Å²) in [4.78, 5) is 30.9. The van der Waals surface area contributed by atoms with Crippen LogP contribution in [-0.4, -0.2) is 72.5 Å². The van der Waals surface area contributed by atoms with E-state index < -0.39 is 12.1 Å². The third-order valence-corrected chi connectivity index (χ3v) is 8.42. The van der Waals surface area contributed by atoms with Crippen LogP contribution < -0.4 is 29.6 Å². The predicted molar refractivity (Wildman–Crippen MR) is 182 cm³/mol. The largest absolute Gasteiger partial charge is 0.486 e. The molecule has 48 heavy (non-hydrogen) atoms. The van der Waals surface area contributed by atoms with Crippen LogP contribution in [0.15, 0.2) is 91.0 Å². The summed E-state index contributed by atoms with van der Waals surface area (Å²) in [5, 5.41) is 15.7. The van der Waals surface area contributed by atoms with Gasteiger partial charge in [-0.25, -0.2) is 4.79 Å². The Hall–Kier alpha value is -5.26. The number of carbonyl (C=O) groups excluding carboxylic acids is 2. The van der Waals surface area contributed by atoms with Crippen molar-refractivity contribution in [3.05, 3.63) is 102 Å². The van der Waals surface area contributed by atoms with Crippen LogP contribution in [0.5, 0.6) is 28.7 Å². The Bertz CT molecular complexity index is 1730. The van der Waals surface area contributed by atoms with Crippen LogP contribution in [-0.2, 0) is 6.54 Å². The van der Waals surface area contributed by atoms with E-state index in [0.29, 0.717) is 48.1 Å². The summed E-state index contributed by atoms with van der Waals surface area (Å²) in [5.74, 6) is 2.59. The molecule has 4 aromatic rings. The fraction of sp³-hybridized carbons (Fsp3) is 0.297. The maximum Gasteiger partial charge on any atom is 0.323 e. The first-order chi connectivity index (χ1) is 23.3. The molecule has 0 bridgehead atoms. The quantitative estimate of drug-likeness (QED) is 0.185. The van der Waals surface area contributed by atoms with Crippen LogP contribution in [0.2, 0.25) is 0 Å². The van der Waals surface area contributed by atoms with Crippen molar-refractivity contribution in [2.45, 2.75) is 32.5 Å². The van der Waals surface area contributed by atoms with E-state index in [4.69, 9.17) is 18.9 Å². The third kappa shape index (κ3) is 7.64. The Morgan fingerprint density at radius 1 is 0.979 bits per heavy atom. The molecule has 0 fully saturated rings. The number of fused-ring (bicyclic) bond motifs is 2. The number of amides is 3. The standard InChI is InChI=1S/C37H40N4O7/c1-24-19-41(25(2)22-42)36(43)30-10-7-11-31(39-37(44)38-27-14-17-32-33(18-27)46-23-45-32)35(30)48-34(24)21-40(3)20-26-12-15-29(16-13-26)47-28-8-5-4-6-9-28/h4-18,24-25,34,42H,19-23H2,1-3H3,(H2,38,39,44)/t24-,25-,34+/m0/s1. The first-order valence-electron chi connectivity index (χ1n) is 16.0. The summed E-state index contributed by atoms with van der Waals surface area (Å²) in [6, 6.07) is 26.9. The second-order valence-corrected chi connectivity index (χ2v) is 12.2. The van der Waals surface area contributed by atoms with E-state index >= 15 is 0 Å².